The second kappa shape index (κ2) is 8.13. The second-order valence-corrected chi connectivity index (χ2v) is 6.49. The quantitative estimate of drug-likeness (QED) is 0.474. The number of esters is 1. The summed E-state index contributed by atoms with van der Waals surface area (Å²) in [5, 5.41) is 6.30. The van der Waals surface area contributed by atoms with E-state index in [0.717, 1.165) is 6.20 Å². The van der Waals surface area contributed by atoms with E-state index in [0.29, 0.717) is 10.5 Å². The Bertz CT molecular complexity index is 1280. The van der Waals surface area contributed by atoms with Gasteiger partial charge >= 0.3 is 12.1 Å². The molecular weight excluding hydrogens is 429 g/mol. The van der Waals surface area contributed by atoms with Crippen molar-refractivity contribution in [1.29, 1.82) is 0 Å². The maximum absolute atomic E-state index is 13.7. The molecule has 9 nitrogen and oxygen atoms in total. The molecule has 0 saturated carbocycles. The number of ether oxygens (including phenoxy) is 1. The Kier molecular flexibility index (Phi) is 5.34. The van der Waals surface area contributed by atoms with Gasteiger partial charge in [-0.15, -0.1) is 0 Å². The summed E-state index contributed by atoms with van der Waals surface area (Å²) in [6, 6.07) is 7.28. The lowest BCUT2D eigenvalue weighted by molar-refractivity contribution is -0.143. The average Bonchev–Trinajstić information content (AvgIpc) is 3.39. The standard InChI is InChI=1S/C20H15F3N6O3/c1-2-32-18(31)14-10-25-29(16(14)20(21,22)23)13-6-3-5-12(9-13)26-17(30)15-11-28-8-4-7-24-19(28)27-15/h3-11H,2H2,1H3,(H,26,30). The normalized spacial score (nSPS) is 11.5. The number of rotatable bonds is 5. The summed E-state index contributed by atoms with van der Waals surface area (Å²) >= 11 is 0. The fourth-order valence-electron chi connectivity index (χ4n) is 3.03. The number of amides is 1. The summed E-state index contributed by atoms with van der Waals surface area (Å²) in [6.07, 6.45) is 0.601. The summed E-state index contributed by atoms with van der Waals surface area (Å²) in [6.45, 7) is 1.41. The summed E-state index contributed by atoms with van der Waals surface area (Å²) < 4.78 is 48.0. The Morgan fingerprint density at radius 2 is 2.03 bits per heavy atom. The minimum atomic E-state index is -4.87. The third-order valence-electron chi connectivity index (χ3n) is 4.35. The van der Waals surface area contributed by atoms with E-state index in [1.54, 1.807) is 16.7 Å². The van der Waals surface area contributed by atoms with E-state index in [1.807, 2.05) is 0 Å². The number of imidazole rings is 1. The van der Waals surface area contributed by atoms with Crippen molar-refractivity contribution in [3.63, 3.8) is 0 Å². The van der Waals surface area contributed by atoms with E-state index < -0.39 is 29.3 Å². The highest BCUT2D eigenvalue weighted by Crippen LogP contribution is 2.34. The van der Waals surface area contributed by atoms with Gasteiger partial charge in [0.05, 0.1) is 18.5 Å². The van der Waals surface area contributed by atoms with Crippen molar-refractivity contribution in [3.05, 3.63) is 72.1 Å². The number of nitrogens with zero attached hydrogens (tertiary/aromatic N) is 5. The second-order valence-electron chi connectivity index (χ2n) is 6.49. The molecule has 0 atom stereocenters. The van der Waals surface area contributed by atoms with Crippen LogP contribution >= 0.6 is 0 Å². The molecule has 0 spiro atoms. The van der Waals surface area contributed by atoms with Gasteiger partial charge in [0.1, 0.15) is 11.3 Å². The highest BCUT2D eigenvalue weighted by molar-refractivity contribution is 6.03. The first-order valence-corrected chi connectivity index (χ1v) is 9.31. The largest absolute Gasteiger partial charge is 0.462 e. The number of hydrogen-bond donors (Lipinski definition) is 1. The average molecular weight is 444 g/mol. The molecule has 0 aliphatic rings. The number of benzene rings is 1. The number of alkyl halides is 3. The van der Waals surface area contributed by atoms with Gasteiger partial charge in [0, 0.05) is 24.3 Å². The van der Waals surface area contributed by atoms with Crippen molar-refractivity contribution >= 4 is 23.3 Å². The molecule has 4 rings (SSSR count). The molecule has 3 heterocycles. The van der Waals surface area contributed by atoms with Gasteiger partial charge in [0.15, 0.2) is 5.69 Å². The molecule has 3 aromatic heterocycles. The zero-order valence-corrected chi connectivity index (χ0v) is 16.5. The zero-order chi connectivity index (χ0) is 22.9. The molecule has 0 aliphatic carbocycles. The first kappa shape index (κ1) is 21.0. The molecule has 164 valence electrons. The van der Waals surface area contributed by atoms with Crippen LogP contribution in [0.5, 0.6) is 0 Å². The highest BCUT2D eigenvalue weighted by atomic mass is 19.4. The summed E-state index contributed by atoms with van der Waals surface area (Å²) in [7, 11) is 0. The van der Waals surface area contributed by atoms with Crippen LogP contribution in [-0.4, -0.2) is 42.6 Å². The number of hydrogen-bond acceptors (Lipinski definition) is 6. The van der Waals surface area contributed by atoms with Crippen molar-refractivity contribution in [3.8, 4) is 5.69 Å². The van der Waals surface area contributed by atoms with Crippen LogP contribution in [0.2, 0.25) is 0 Å². The molecule has 0 radical (unpaired) electrons. The molecule has 1 aromatic carbocycles. The summed E-state index contributed by atoms with van der Waals surface area (Å²) in [4.78, 5) is 32.6. The number of anilines is 1. The third kappa shape index (κ3) is 4.02. The minimum absolute atomic E-state index is 0.0117. The molecule has 0 fully saturated rings. The van der Waals surface area contributed by atoms with E-state index in [2.05, 4.69) is 20.4 Å². The van der Waals surface area contributed by atoms with Crippen LogP contribution in [0.3, 0.4) is 0 Å². The molecule has 1 amide bonds. The van der Waals surface area contributed by atoms with Gasteiger partial charge in [-0.1, -0.05) is 6.07 Å². The first-order chi connectivity index (χ1) is 15.3. The van der Waals surface area contributed by atoms with Gasteiger partial charge in [-0.05, 0) is 31.2 Å². The van der Waals surface area contributed by atoms with Crippen molar-refractivity contribution in [2.45, 2.75) is 13.1 Å². The lowest BCUT2D eigenvalue weighted by Crippen LogP contribution is -2.18. The Labute approximate surface area is 178 Å². The van der Waals surface area contributed by atoms with E-state index in [1.165, 1.54) is 43.6 Å². The van der Waals surface area contributed by atoms with E-state index in [9.17, 15) is 22.8 Å². The first-order valence-electron chi connectivity index (χ1n) is 9.31. The van der Waals surface area contributed by atoms with E-state index in [4.69, 9.17) is 4.74 Å². The van der Waals surface area contributed by atoms with Crippen molar-refractivity contribution in [2.24, 2.45) is 0 Å². The van der Waals surface area contributed by atoms with Gasteiger partial charge in [0.25, 0.3) is 5.91 Å². The van der Waals surface area contributed by atoms with Gasteiger partial charge in [0.2, 0.25) is 5.78 Å². The minimum Gasteiger partial charge on any atom is -0.462 e. The highest BCUT2D eigenvalue weighted by Gasteiger charge is 2.41. The molecule has 12 heteroatoms. The predicted molar refractivity (Wildman–Crippen MR) is 105 cm³/mol. The summed E-state index contributed by atoms with van der Waals surface area (Å²) in [5.74, 6) is -1.38. The van der Waals surface area contributed by atoms with Crippen LogP contribution in [-0.2, 0) is 10.9 Å². The molecule has 32 heavy (non-hydrogen) atoms. The van der Waals surface area contributed by atoms with Gasteiger partial charge in [-0.2, -0.15) is 18.3 Å². The monoisotopic (exact) mass is 444 g/mol. The maximum Gasteiger partial charge on any atom is 0.434 e. The SMILES string of the molecule is CCOC(=O)c1cnn(-c2cccc(NC(=O)c3cn4cccnc4n3)c2)c1C(F)(F)F. The Hall–Kier alpha value is -4.22. The number of nitrogens with one attached hydrogen (secondary N) is 1. The Balaban J connectivity index is 1.66. The molecule has 1 N–H and O–H groups in total. The lowest BCUT2D eigenvalue weighted by Gasteiger charge is -2.13. The van der Waals surface area contributed by atoms with Crippen molar-refractivity contribution < 1.29 is 27.5 Å². The van der Waals surface area contributed by atoms with Crippen LogP contribution in [0.25, 0.3) is 11.5 Å². The number of fused-ring (bicyclic) bond motifs is 1. The predicted octanol–water partition coefficient (Wildman–Crippen LogP) is 3.36. The Morgan fingerprint density at radius 3 is 2.75 bits per heavy atom. The van der Waals surface area contributed by atoms with Crippen LogP contribution in [0.1, 0.15) is 33.5 Å². The van der Waals surface area contributed by atoms with E-state index >= 15 is 0 Å². The van der Waals surface area contributed by atoms with Crippen molar-refractivity contribution in [1.82, 2.24) is 24.1 Å². The van der Waals surface area contributed by atoms with Crippen molar-refractivity contribution in [2.75, 3.05) is 11.9 Å². The molecular formula is C20H15F3N6O3. The molecule has 0 aliphatic heterocycles. The number of carbonyl (C=O) groups excluding carboxylic acids is 2. The van der Waals surface area contributed by atoms with Gasteiger partial charge < -0.3 is 10.1 Å². The molecule has 0 saturated heterocycles. The topological polar surface area (TPSA) is 103 Å². The van der Waals surface area contributed by atoms with Crippen LogP contribution in [0, 0.1) is 0 Å². The van der Waals surface area contributed by atoms with E-state index in [-0.39, 0.29) is 23.7 Å². The maximum atomic E-state index is 13.7. The van der Waals surface area contributed by atoms with Crippen LogP contribution < -0.4 is 5.32 Å². The van der Waals surface area contributed by atoms with Crippen LogP contribution in [0.15, 0.2) is 55.1 Å². The molecule has 4 aromatic rings. The van der Waals surface area contributed by atoms with Gasteiger partial charge in [-0.3, -0.25) is 9.20 Å². The summed E-state index contributed by atoms with van der Waals surface area (Å²) in [5.41, 5.74) is -1.70. The Morgan fingerprint density at radius 1 is 1.22 bits per heavy atom. The lowest BCUT2D eigenvalue weighted by atomic mass is 10.2. The fraction of sp³-hybridized carbons (Fsp3) is 0.150. The van der Waals surface area contributed by atoms with Gasteiger partial charge in [-0.25, -0.2) is 19.4 Å². The number of carbonyl (C=O) groups is 2. The van der Waals surface area contributed by atoms with Crippen LogP contribution in [0.4, 0.5) is 18.9 Å². The number of aromatic nitrogens is 5. The molecule has 0 unspecified atom stereocenters. The fourth-order valence-corrected chi connectivity index (χ4v) is 3.03. The molecule has 0 bridgehead atoms. The third-order valence-corrected chi connectivity index (χ3v) is 4.35. The number of halogens is 3. The zero-order valence-electron chi connectivity index (χ0n) is 16.5. The smallest absolute Gasteiger partial charge is 0.434 e.